The normalized spacial score (nSPS) is 10.8. The Bertz CT molecular complexity index is 731. The van der Waals surface area contributed by atoms with E-state index in [0.29, 0.717) is 22.6 Å². The predicted molar refractivity (Wildman–Crippen MR) is 68.7 cm³/mol. The highest BCUT2D eigenvalue weighted by atomic mass is 19.1. The maximum Gasteiger partial charge on any atom is 0.230 e. The molecule has 0 fully saturated rings. The van der Waals surface area contributed by atoms with E-state index in [2.05, 4.69) is 5.16 Å². The van der Waals surface area contributed by atoms with Crippen molar-refractivity contribution in [3.05, 3.63) is 48.0 Å². The highest BCUT2D eigenvalue weighted by molar-refractivity contribution is 5.85. The second kappa shape index (κ2) is 4.28. The van der Waals surface area contributed by atoms with E-state index in [4.69, 9.17) is 14.7 Å². The average molecular weight is 258 g/mol. The zero-order chi connectivity index (χ0) is 13.4. The number of hydrogen-bond acceptors (Lipinski definition) is 4. The van der Waals surface area contributed by atoms with Gasteiger partial charge in [-0.25, -0.2) is 4.39 Å². The largest absolute Gasteiger partial charge is 0.462 e. The number of nitrogens with two attached hydrogens (primary N) is 1. The molecule has 19 heavy (non-hydrogen) atoms. The summed E-state index contributed by atoms with van der Waals surface area (Å²) in [5.41, 5.74) is 8.31. The van der Waals surface area contributed by atoms with E-state index in [1.165, 1.54) is 12.1 Å². The minimum absolute atomic E-state index is 0.136. The van der Waals surface area contributed by atoms with Crippen LogP contribution < -0.4 is 5.73 Å². The van der Waals surface area contributed by atoms with E-state index < -0.39 is 0 Å². The van der Waals surface area contributed by atoms with Crippen LogP contribution in [0.2, 0.25) is 0 Å². The number of benzene rings is 1. The first kappa shape index (κ1) is 11.5. The first-order valence-electron chi connectivity index (χ1n) is 5.72. The smallest absolute Gasteiger partial charge is 0.230 e. The topological polar surface area (TPSA) is 65.2 Å². The van der Waals surface area contributed by atoms with E-state index in [1.807, 2.05) is 13.0 Å². The van der Waals surface area contributed by atoms with Gasteiger partial charge in [-0.05, 0) is 36.2 Å². The Labute approximate surface area is 108 Å². The molecule has 5 heteroatoms. The fourth-order valence-electron chi connectivity index (χ4n) is 2.00. The molecule has 2 N–H and O–H groups in total. The van der Waals surface area contributed by atoms with Crippen LogP contribution in [0.15, 0.2) is 45.5 Å². The molecule has 0 saturated carbocycles. The zero-order valence-electron chi connectivity index (χ0n) is 10.2. The van der Waals surface area contributed by atoms with Gasteiger partial charge in [-0.3, -0.25) is 0 Å². The molecule has 0 spiro atoms. The van der Waals surface area contributed by atoms with Crippen LogP contribution in [-0.2, 0) is 0 Å². The summed E-state index contributed by atoms with van der Waals surface area (Å²) in [5.74, 6) is 0.358. The van der Waals surface area contributed by atoms with E-state index in [-0.39, 0.29) is 11.7 Å². The summed E-state index contributed by atoms with van der Waals surface area (Å²) in [6, 6.07) is 7.91. The summed E-state index contributed by atoms with van der Waals surface area (Å²) in [6.45, 7) is 1.89. The molecule has 0 atom stereocenters. The fraction of sp³-hybridized carbons (Fsp3) is 0.0714. The molecular formula is C14H11FN2O2. The second-order valence-electron chi connectivity index (χ2n) is 4.21. The summed E-state index contributed by atoms with van der Waals surface area (Å²) in [6.07, 6.45) is 1.56. The van der Waals surface area contributed by atoms with Gasteiger partial charge in [0.2, 0.25) is 5.88 Å². The van der Waals surface area contributed by atoms with Crippen molar-refractivity contribution < 1.29 is 13.3 Å². The average Bonchev–Trinajstić information content (AvgIpc) is 2.95. The van der Waals surface area contributed by atoms with E-state index in [0.717, 1.165) is 5.56 Å². The van der Waals surface area contributed by atoms with Gasteiger partial charge < -0.3 is 14.7 Å². The van der Waals surface area contributed by atoms with Gasteiger partial charge in [0.25, 0.3) is 0 Å². The van der Waals surface area contributed by atoms with Gasteiger partial charge in [-0.15, -0.1) is 0 Å². The SMILES string of the molecule is Cc1ccoc1-c1noc(N)c1-c1cccc(F)c1. The Morgan fingerprint density at radius 1 is 1.26 bits per heavy atom. The summed E-state index contributed by atoms with van der Waals surface area (Å²) in [4.78, 5) is 0. The monoisotopic (exact) mass is 258 g/mol. The molecule has 0 unspecified atom stereocenters. The molecule has 1 aromatic carbocycles. The minimum Gasteiger partial charge on any atom is -0.462 e. The maximum absolute atomic E-state index is 13.3. The molecule has 0 aliphatic carbocycles. The van der Waals surface area contributed by atoms with Gasteiger partial charge in [0.1, 0.15) is 5.82 Å². The van der Waals surface area contributed by atoms with Crippen molar-refractivity contribution in [3.8, 4) is 22.6 Å². The highest BCUT2D eigenvalue weighted by Crippen LogP contribution is 2.37. The third-order valence-corrected chi connectivity index (χ3v) is 2.91. The number of aromatic nitrogens is 1. The summed E-state index contributed by atoms with van der Waals surface area (Å²) >= 11 is 0. The zero-order valence-corrected chi connectivity index (χ0v) is 10.2. The maximum atomic E-state index is 13.3. The lowest BCUT2D eigenvalue weighted by atomic mass is 10.0. The van der Waals surface area contributed by atoms with Crippen LogP contribution in [-0.4, -0.2) is 5.16 Å². The van der Waals surface area contributed by atoms with E-state index in [9.17, 15) is 4.39 Å². The molecule has 4 nitrogen and oxygen atoms in total. The number of nitrogens with zero attached hydrogens (tertiary/aromatic N) is 1. The molecule has 3 rings (SSSR count). The molecule has 0 bridgehead atoms. The number of nitrogen functional groups attached to an aromatic ring is 1. The number of anilines is 1. The number of halogens is 1. The van der Waals surface area contributed by atoms with Gasteiger partial charge in [0.15, 0.2) is 11.5 Å². The fourth-order valence-corrected chi connectivity index (χ4v) is 2.00. The summed E-state index contributed by atoms with van der Waals surface area (Å²) in [7, 11) is 0. The standard InChI is InChI=1S/C14H11FN2O2/c1-8-5-6-18-13(8)12-11(14(16)19-17-12)9-3-2-4-10(15)7-9/h2-7H,16H2,1H3. The van der Waals surface area contributed by atoms with Crippen molar-refractivity contribution in [3.63, 3.8) is 0 Å². The first-order chi connectivity index (χ1) is 9.16. The van der Waals surface area contributed by atoms with Crippen LogP contribution in [0.3, 0.4) is 0 Å². The minimum atomic E-state index is -0.347. The van der Waals surface area contributed by atoms with Crippen LogP contribution in [0.1, 0.15) is 5.56 Å². The molecule has 3 aromatic rings. The van der Waals surface area contributed by atoms with Crippen LogP contribution in [0.4, 0.5) is 10.3 Å². The molecule has 0 saturated heterocycles. The third-order valence-electron chi connectivity index (χ3n) is 2.91. The van der Waals surface area contributed by atoms with E-state index in [1.54, 1.807) is 18.4 Å². The van der Waals surface area contributed by atoms with Crippen LogP contribution in [0.5, 0.6) is 0 Å². The van der Waals surface area contributed by atoms with Crippen molar-refractivity contribution >= 4 is 5.88 Å². The van der Waals surface area contributed by atoms with Gasteiger partial charge in [-0.2, -0.15) is 0 Å². The lowest BCUT2D eigenvalue weighted by molar-refractivity contribution is 0.435. The van der Waals surface area contributed by atoms with Gasteiger partial charge in [-0.1, -0.05) is 17.3 Å². The van der Waals surface area contributed by atoms with Gasteiger partial charge >= 0.3 is 0 Å². The molecule has 96 valence electrons. The second-order valence-corrected chi connectivity index (χ2v) is 4.21. The number of aryl methyl sites for hydroxylation is 1. The molecule has 0 radical (unpaired) electrons. The quantitative estimate of drug-likeness (QED) is 0.762. The first-order valence-corrected chi connectivity index (χ1v) is 5.72. The summed E-state index contributed by atoms with van der Waals surface area (Å²) in [5, 5.41) is 3.91. The predicted octanol–water partition coefficient (Wildman–Crippen LogP) is 3.63. The Hall–Kier alpha value is -2.56. The Morgan fingerprint density at radius 2 is 2.11 bits per heavy atom. The Kier molecular flexibility index (Phi) is 2.59. The lowest BCUT2D eigenvalue weighted by Crippen LogP contribution is -1.88. The summed E-state index contributed by atoms with van der Waals surface area (Å²) < 4.78 is 23.7. The molecule has 2 aromatic heterocycles. The van der Waals surface area contributed by atoms with Crippen molar-refractivity contribution in [1.29, 1.82) is 0 Å². The number of hydrogen-bond donors (Lipinski definition) is 1. The molecule has 0 aliphatic rings. The molecule has 0 aliphatic heterocycles. The Morgan fingerprint density at radius 3 is 2.79 bits per heavy atom. The van der Waals surface area contributed by atoms with Crippen molar-refractivity contribution in [2.75, 3.05) is 5.73 Å². The van der Waals surface area contributed by atoms with Crippen molar-refractivity contribution in [2.45, 2.75) is 6.92 Å². The van der Waals surface area contributed by atoms with Crippen LogP contribution in [0.25, 0.3) is 22.6 Å². The molecular weight excluding hydrogens is 247 g/mol. The number of rotatable bonds is 2. The third kappa shape index (κ3) is 1.89. The molecule has 0 amide bonds. The Balaban J connectivity index is 2.22. The highest BCUT2D eigenvalue weighted by Gasteiger charge is 2.21. The number of furan rings is 1. The molecule has 2 heterocycles. The van der Waals surface area contributed by atoms with Crippen molar-refractivity contribution in [2.24, 2.45) is 0 Å². The van der Waals surface area contributed by atoms with Crippen LogP contribution >= 0.6 is 0 Å². The lowest BCUT2D eigenvalue weighted by Gasteiger charge is -2.01. The van der Waals surface area contributed by atoms with Crippen LogP contribution in [0, 0.1) is 12.7 Å². The van der Waals surface area contributed by atoms with E-state index >= 15 is 0 Å². The van der Waals surface area contributed by atoms with Gasteiger partial charge in [0, 0.05) is 0 Å². The van der Waals surface area contributed by atoms with Crippen molar-refractivity contribution in [1.82, 2.24) is 5.16 Å². The van der Waals surface area contributed by atoms with Gasteiger partial charge in [0.05, 0.1) is 11.8 Å².